The number of rotatable bonds is 4. The van der Waals surface area contributed by atoms with Gasteiger partial charge in [-0.3, -0.25) is 4.90 Å². The maximum Gasteiger partial charge on any atom is 0.224 e. The zero-order valence-corrected chi connectivity index (χ0v) is 13.2. The van der Waals surface area contributed by atoms with Gasteiger partial charge in [0.15, 0.2) is 0 Å². The average Bonchev–Trinajstić information content (AvgIpc) is 2.96. The third-order valence-electron chi connectivity index (χ3n) is 5.38. The SMILES string of the molecule is COCC#CCN1C[C@@H]2CCC[C@]2(c2nnc(C3CC3)o2)C1. The van der Waals surface area contributed by atoms with Crippen LogP contribution in [0.1, 0.15) is 49.8 Å². The predicted octanol–water partition coefficient (Wildman–Crippen LogP) is 1.95. The van der Waals surface area contributed by atoms with Crippen molar-refractivity contribution in [3.05, 3.63) is 11.8 Å². The summed E-state index contributed by atoms with van der Waals surface area (Å²) >= 11 is 0. The second-order valence-electron chi connectivity index (χ2n) is 6.92. The second kappa shape index (κ2) is 5.68. The molecule has 1 saturated heterocycles. The highest BCUT2D eigenvalue weighted by Crippen LogP contribution is 2.50. The summed E-state index contributed by atoms with van der Waals surface area (Å²) in [5.74, 6) is 9.19. The number of nitrogens with zero attached hydrogens (tertiary/aromatic N) is 3. The van der Waals surface area contributed by atoms with Crippen LogP contribution in [0.15, 0.2) is 4.42 Å². The van der Waals surface area contributed by atoms with Crippen LogP contribution in [0.2, 0.25) is 0 Å². The van der Waals surface area contributed by atoms with Crippen LogP contribution in [0.5, 0.6) is 0 Å². The summed E-state index contributed by atoms with van der Waals surface area (Å²) in [6, 6.07) is 0. The number of fused-ring (bicyclic) bond motifs is 1. The van der Waals surface area contributed by atoms with Gasteiger partial charge in [-0.25, -0.2) is 0 Å². The van der Waals surface area contributed by atoms with E-state index in [0.717, 1.165) is 31.4 Å². The van der Waals surface area contributed by atoms with Crippen molar-refractivity contribution in [2.24, 2.45) is 5.92 Å². The number of ether oxygens (including phenoxy) is 1. The first kappa shape index (κ1) is 14.2. The minimum atomic E-state index is 0.0864. The Balaban J connectivity index is 1.50. The van der Waals surface area contributed by atoms with Crippen molar-refractivity contribution >= 4 is 0 Å². The molecule has 0 spiro atoms. The second-order valence-corrected chi connectivity index (χ2v) is 6.92. The van der Waals surface area contributed by atoms with Crippen LogP contribution in [-0.4, -0.2) is 48.4 Å². The molecule has 2 saturated carbocycles. The van der Waals surface area contributed by atoms with Crippen molar-refractivity contribution in [1.29, 1.82) is 0 Å². The van der Waals surface area contributed by atoms with Gasteiger partial charge in [0.25, 0.3) is 0 Å². The molecule has 2 aliphatic carbocycles. The van der Waals surface area contributed by atoms with Crippen LogP contribution < -0.4 is 0 Å². The Bertz CT molecular complexity index is 599. The Morgan fingerprint density at radius 2 is 2.23 bits per heavy atom. The van der Waals surface area contributed by atoms with E-state index in [9.17, 15) is 0 Å². The smallest absolute Gasteiger partial charge is 0.224 e. The summed E-state index contributed by atoms with van der Waals surface area (Å²) in [5.41, 5.74) is 0.0864. The summed E-state index contributed by atoms with van der Waals surface area (Å²) < 4.78 is 11.1. The summed E-state index contributed by atoms with van der Waals surface area (Å²) in [6.45, 7) is 3.43. The molecule has 1 aromatic heterocycles. The molecule has 5 nitrogen and oxygen atoms in total. The molecule has 5 heteroatoms. The lowest BCUT2D eigenvalue weighted by molar-refractivity contribution is 0.239. The van der Waals surface area contributed by atoms with E-state index in [1.54, 1.807) is 7.11 Å². The maximum absolute atomic E-state index is 6.08. The highest BCUT2D eigenvalue weighted by molar-refractivity contribution is 5.18. The summed E-state index contributed by atoms with van der Waals surface area (Å²) in [6.07, 6.45) is 6.13. The molecule has 0 amide bonds. The number of aromatic nitrogens is 2. The molecule has 2 heterocycles. The first-order valence-corrected chi connectivity index (χ1v) is 8.33. The molecular weight excluding hydrogens is 278 g/mol. The van der Waals surface area contributed by atoms with Gasteiger partial charge in [-0.2, -0.15) is 0 Å². The van der Waals surface area contributed by atoms with E-state index >= 15 is 0 Å². The summed E-state index contributed by atoms with van der Waals surface area (Å²) in [4.78, 5) is 2.44. The molecule has 0 radical (unpaired) electrons. The van der Waals surface area contributed by atoms with Gasteiger partial charge in [0, 0.05) is 26.1 Å². The Labute approximate surface area is 131 Å². The molecular formula is C17H23N3O2. The van der Waals surface area contributed by atoms with Crippen molar-refractivity contribution < 1.29 is 9.15 Å². The molecule has 22 heavy (non-hydrogen) atoms. The third-order valence-corrected chi connectivity index (χ3v) is 5.38. The molecule has 0 aromatic carbocycles. The molecule has 0 bridgehead atoms. The largest absolute Gasteiger partial charge is 0.424 e. The first-order chi connectivity index (χ1) is 10.8. The quantitative estimate of drug-likeness (QED) is 0.796. The summed E-state index contributed by atoms with van der Waals surface area (Å²) in [7, 11) is 1.68. The Morgan fingerprint density at radius 3 is 3.05 bits per heavy atom. The Morgan fingerprint density at radius 1 is 1.32 bits per heavy atom. The van der Waals surface area contributed by atoms with Crippen LogP contribution in [-0.2, 0) is 10.2 Å². The van der Waals surface area contributed by atoms with Gasteiger partial charge in [-0.05, 0) is 31.6 Å². The van der Waals surface area contributed by atoms with E-state index in [1.165, 1.54) is 32.1 Å². The fraction of sp³-hybridized carbons (Fsp3) is 0.765. The third kappa shape index (κ3) is 2.45. The minimum absolute atomic E-state index is 0.0864. The standard InChI is InChI=1S/C17H23N3O2/c1-21-10-3-2-9-20-11-14-5-4-8-17(14,12-20)16-19-18-15(22-16)13-6-7-13/h13-14H,4-12H2,1H3/t14-,17-/m0/s1. The van der Waals surface area contributed by atoms with Crippen molar-refractivity contribution in [3.63, 3.8) is 0 Å². The molecule has 3 aliphatic rings. The minimum Gasteiger partial charge on any atom is -0.424 e. The van der Waals surface area contributed by atoms with Gasteiger partial charge in [0.2, 0.25) is 11.8 Å². The van der Waals surface area contributed by atoms with Gasteiger partial charge < -0.3 is 9.15 Å². The molecule has 3 fully saturated rings. The van der Waals surface area contributed by atoms with Crippen molar-refractivity contribution in [3.8, 4) is 11.8 Å². The predicted molar refractivity (Wildman–Crippen MR) is 81.4 cm³/mol. The van der Waals surface area contributed by atoms with Gasteiger partial charge in [0.1, 0.15) is 6.61 Å². The number of methoxy groups -OCH3 is 1. The highest BCUT2D eigenvalue weighted by atomic mass is 16.5. The molecule has 1 aliphatic heterocycles. The van der Waals surface area contributed by atoms with Crippen LogP contribution in [0, 0.1) is 17.8 Å². The number of likely N-dealkylation sites (tertiary alicyclic amines) is 1. The molecule has 118 valence electrons. The van der Waals surface area contributed by atoms with E-state index in [0.29, 0.717) is 18.4 Å². The fourth-order valence-electron chi connectivity index (χ4n) is 4.09. The lowest BCUT2D eigenvalue weighted by Gasteiger charge is -2.24. The van der Waals surface area contributed by atoms with Gasteiger partial charge in [0.05, 0.1) is 12.0 Å². The Hall–Kier alpha value is -1.38. The van der Waals surface area contributed by atoms with E-state index in [-0.39, 0.29) is 5.41 Å². The number of hydrogen-bond acceptors (Lipinski definition) is 5. The van der Waals surface area contributed by atoms with Gasteiger partial charge >= 0.3 is 0 Å². The highest BCUT2D eigenvalue weighted by Gasteiger charge is 2.54. The van der Waals surface area contributed by atoms with E-state index in [4.69, 9.17) is 9.15 Å². The van der Waals surface area contributed by atoms with Crippen molar-refractivity contribution in [2.45, 2.75) is 43.4 Å². The lowest BCUT2D eigenvalue weighted by atomic mass is 9.80. The average molecular weight is 301 g/mol. The molecule has 1 aromatic rings. The Kier molecular flexibility index (Phi) is 3.67. The van der Waals surface area contributed by atoms with Crippen molar-refractivity contribution in [2.75, 3.05) is 33.4 Å². The topological polar surface area (TPSA) is 51.4 Å². The lowest BCUT2D eigenvalue weighted by Crippen LogP contribution is -2.32. The number of hydrogen-bond donors (Lipinski definition) is 0. The normalized spacial score (nSPS) is 31.0. The zero-order chi connectivity index (χ0) is 15.0. The summed E-state index contributed by atoms with van der Waals surface area (Å²) in [5, 5.41) is 8.75. The first-order valence-electron chi connectivity index (χ1n) is 8.33. The fourth-order valence-corrected chi connectivity index (χ4v) is 4.09. The van der Waals surface area contributed by atoms with Crippen LogP contribution in [0.4, 0.5) is 0 Å². The molecule has 0 unspecified atom stereocenters. The van der Waals surface area contributed by atoms with Crippen LogP contribution >= 0.6 is 0 Å². The molecule has 0 N–H and O–H groups in total. The zero-order valence-electron chi connectivity index (χ0n) is 13.2. The van der Waals surface area contributed by atoms with Gasteiger partial charge in [-0.1, -0.05) is 18.3 Å². The van der Waals surface area contributed by atoms with E-state index in [1.807, 2.05) is 0 Å². The van der Waals surface area contributed by atoms with Crippen LogP contribution in [0.25, 0.3) is 0 Å². The van der Waals surface area contributed by atoms with Gasteiger partial charge in [-0.15, -0.1) is 10.2 Å². The van der Waals surface area contributed by atoms with E-state index < -0.39 is 0 Å². The van der Waals surface area contributed by atoms with E-state index in [2.05, 4.69) is 26.9 Å². The van der Waals surface area contributed by atoms with Crippen LogP contribution in [0.3, 0.4) is 0 Å². The van der Waals surface area contributed by atoms with Crippen molar-refractivity contribution in [1.82, 2.24) is 15.1 Å². The maximum atomic E-state index is 6.08. The molecule has 4 rings (SSSR count). The molecule has 2 atom stereocenters. The monoisotopic (exact) mass is 301 g/mol.